The Labute approximate surface area is 159 Å². The van der Waals surface area contributed by atoms with Gasteiger partial charge in [-0.15, -0.1) is 0 Å². The number of nitrogens with one attached hydrogen (secondary N) is 1. The van der Waals surface area contributed by atoms with Crippen LogP contribution in [0, 0.1) is 11.7 Å². The molecular weight excluding hydrogens is 401 g/mol. The van der Waals surface area contributed by atoms with E-state index in [0.29, 0.717) is 24.6 Å². The van der Waals surface area contributed by atoms with Crippen LogP contribution in [0.15, 0.2) is 41.0 Å². The maximum Gasteiger partial charge on any atom is 0.230 e. The quantitative estimate of drug-likeness (QED) is 0.759. The molecule has 1 N–H and O–H groups in total. The van der Waals surface area contributed by atoms with Gasteiger partial charge in [-0.05, 0) is 60.0 Å². The maximum absolute atomic E-state index is 14.1. The lowest BCUT2D eigenvalue weighted by Gasteiger charge is -2.34. The molecule has 1 amide bonds. The van der Waals surface area contributed by atoms with Crippen molar-refractivity contribution in [3.8, 4) is 0 Å². The second-order valence-electron chi connectivity index (χ2n) is 6.33. The molecule has 1 unspecified atom stereocenters. The van der Waals surface area contributed by atoms with Gasteiger partial charge >= 0.3 is 0 Å². The van der Waals surface area contributed by atoms with Crippen LogP contribution < -0.4 is 10.2 Å². The summed E-state index contributed by atoms with van der Waals surface area (Å²) in [5.74, 6) is -0.725. The first-order valence-corrected chi connectivity index (χ1v) is 9.22. The second-order valence-corrected chi connectivity index (χ2v) is 7.24. The van der Waals surface area contributed by atoms with Gasteiger partial charge in [0.1, 0.15) is 11.6 Å². The maximum atomic E-state index is 14.1. The third-order valence-corrected chi connectivity index (χ3v) is 4.92. The van der Waals surface area contributed by atoms with Crippen LogP contribution in [-0.2, 0) is 4.79 Å². The van der Waals surface area contributed by atoms with Gasteiger partial charge in [-0.1, -0.05) is 6.07 Å². The van der Waals surface area contributed by atoms with E-state index < -0.39 is 5.82 Å². The summed E-state index contributed by atoms with van der Waals surface area (Å²) in [6.07, 6.45) is 3.15. The van der Waals surface area contributed by atoms with Crippen molar-refractivity contribution in [1.82, 2.24) is 4.98 Å². The number of anilines is 2. The van der Waals surface area contributed by atoms with Crippen molar-refractivity contribution in [1.29, 1.82) is 0 Å². The standard InChI is InChI=1S/C19H19BrFN3O2/c1-12(25)18-15(21)5-2-6-16(18)24-9-3-4-13(11-24)19(26)23-17-8-7-14(20)10-22-17/h2,5-8,10,13H,3-4,9,11H2,1H3,(H,22,23,26). The third kappa shape index (κ3) is 4.09. The van der Waals surface area contributed by atoms with E-state index in [0.717, 1.165) is 17.3 Å². The molecule has 1 aromatic carbocycles. The molecule has 1 fully saturated rings. The van der Waals surface area contributed by atoms with Gasteiger partial charge in [0.05, 0.1) is 17.2 Å². The fourth-order valence-corrected chi connectivity index (χ4v) is 3.45. The Hall–Kier alpha value is -2.28. The smallest absolute Gasteiger partial charge is 0.230 e. The molecule has 1 aromatic heterocycles. The molecule has 5 nitrogen and oxygen atoms in total. The molecule has 0 saturated carbocycles. The predicted octanol–water partition coefficient (Wildman–Crippen LogP) is 4.04. The van der Waals surface area contributed by atoms with Crippen molar-refractivity contribution in [2.75, 3.05) is 23.3 Å². The highest BCUT2D eigenvalue weighted by molar-refractivity contribution is 9.10. The Morgan fingerprint density at radius 3 is 2.81 bits per heavy atom. The van der Waals surface area contributed by atoms with Crippen LogP contribution in [0.2, 0.25) is 0 Å². The van der Waals surface area contributed by atoms with E-state index in [1.165, 1.54) is 13.0 Å². The molecule has 3 rings (SSSR count). The van der Waals surface area contributed by atoms with Crippen LogP contribution in [0.5, 0.6) is 0 Å². The first-order valence-electron chi connectivity index (χ1n) is 8.42. The fraction of sp³-hybridized carbons (Fsp3) is 0.316. The zero-order valence-electron chi connectivity index (χ0n) is 14.3. The number of nitrogens with zero attached hydrogens (tertiary/aromatic N) is 2. The van der Waals surface area contributed by atoms with Crippen LogP contribution in [0.4, 0.5) is 15.9 Å². The summed E-state index contributed by atoms with van der Waals surface area (Å²) in [6, 6.07) is 8.14. The van der Waals surface area contributed by atoms with Crippen LogP contribution in [0.1, 0.15) is 30.1 Å². The largest absolute Gasteiger partial charge is 0.370 e. The summed E-state index contributed by atoms with van der Waals surface area (Å²) in [4.78, 5) is 30.5. The summed E-state index contributed by atoms with van der Waals surface area (Å²) in [5, 5.41) is 2.82. The second kappa shape index (κ2) is 7.95. The average molecular weight is 420 g/mol. The molecule has 1 atom stereocenters. The van der Waals surface area contributed by atoms with E-state index in [1.807, 2.05) is 11.0 Å². The minimum atomic E-state index is -0.527. The number of ketones is 1. The van der Waals surface area contributed by atoms with Gasteiger partial charge in [0, 0.05) is 23.8 Å². The van der Waals surface area contributed by atoms with Gasteiger partial charge < -0.3 is 10.2 Å². The number of halogens is 2. The lowest BCUT2D eigenvalue weighted by Crippen LogP contribution is -2.41. The molecule has 0 bridgehead atoms. The van der Waals surface area contributed by atoms with Crippen LogP contribution >= 0.6 is 15.9 Å². The number of amides is 1. The van der Waals surface area contributed by atoms with Crippen LogP contribution in [0.25, 0.3) is 0 Å². The zero-order chi connectivity index (χ0) is 18.7. The third-order valence-electron chi connectivity index (χ3n) is 4.46. The lowest BCUT2D eigenvalue weighted by molar-refractivity contribution is -0.120. The number of Topliss-reactive ketones (excluding diaryl/α,β-unsaturated/α-hetero) is 1. The first kappa shape index (κ1) is 18.5. The number of carbonyl (C=O) groups is 2. The molecule has 2 aromatic rings. The molecule has 2 heterocycles. The molecule has 1 aliphatic heterocycles. The SMILES string of the molecule is CC(=O)c1c(F)cccc1N1CCCC(C(=O)Nc2ccc(Br)cn2)C1. The van der Waals surface area contributed by atoms with Gasteiger partial charge in [0.2, 0.25) is 5.91 Å². The number of pyridine rings is 1. The number of hydrogen-bond donors (Lipinski definition) is 1. The van der Waals surface area contributed by atoms with Gasteiger partial charge in [-0.2, -0.15) is 0 Å². The van der Waals surface area contributed by atoms with Gasteiger partial charge in [0.25, 0.3) is 0 Å². The zero-order valence-corrected chi connectivity index (χ0v) is 15.9. The van der Waals surface area contributed by atoms with E-state index in [1.54, 1.807) is 24.4 Å². The highest BCUT2D eigenvalue weighted by atomic mass is 79.9. The Kier molecular flexibility index (Phi) is 5.66. The number of hydrogen-bond acceptors (Lipinski definition) is 4. The highest BCUT2D eigenvalue weighted by Crippen LogP contribution is 2.29. The summed E-state index contributed by atoms with van der Waals surface area (Å²) in [7, 11) is 0. The topological polar surface area (TPSA) is 62.3 Å². The van der Waals surface area contributed by atoms with Gasteiger partial charge in [0.15, 0.2) is 5.78 Å². The van der Waals surface area contributed by atoms with Crippen molar-refractivity contribution in [3.63, 3.8) is 0 Å². The van der Waals surface area contributed by atoms with Crippen LogP contribution in [-0.4, -0.2) is 29.8 Å². The minimum absolute atomic E-state index is 0.0862. The molecule has 7 heteroatoms. The van der Waals surface area contributed by atoms with Crippen LogP contribution in [0.3, 0.4) is 0 Å². The molecular formula is C19H19BrFN3O2. The Bertz CT molecular complexity index is 826. The van der Waals surface area contributed by atoms with E-state index in [9.17, 15) is 14.0 Å². The van der Waals surface area contributed by atoms with Crippen molar-refractivity contribution in [2.45, 2.75) is 19.8 Å². The van der Waals surface area contributed by atoms with E-state index >= 15 is 0 Å². The summed E-state index contributed by atoms with van der Waals surface area (Å²) < 4.78 is 14.9. The molecule has 26 heavy (non-hydrogen) atoms. The number of piperidine rings is 1. The molecule has 1 aliphatic rings. The normalized spacial score (nSPS) is 17.0. The van der Waals surface area contributed by atoms with Crippen molar-refractivity contribution in [2.24, 2.45) is 5.92 Å². The number of aromatic nitrogens is 1. The summed E-state index contributed by atoms with van der Waals surface area (Å²) in [5.41, 5.74) is 0.639. The lowest BCUT2D eigenvalue weighted by atomic mass is 9.95. The molecule has 0 aliphatic carbocycles. The summed E-state index contributed by atoms with van der Waals surface area (Å²) >= 11 is 3.31. The van der Waals surface area contributed by atoms with Crippen molar-refractivity contribution < 1.29 is 14.0 Å². The van der Waals surface area contributed by atoms with Gasteiger partial charge in [-0.25, -0.2) is 9.37 Å². The van der Waals surface area contributed by atoms with E-state index in [-0.39, 0.29) is 23.2 Å². The van der Waals surface area contributed by atoms with E-state index in [2.05, 4.69) is 26.2 Å². The highest BCUT2D eigenvalue weighted by Gasteiger charge is 2.28. The molecule has 136 valence electrons. The number of rotatable bonds is 4. The summed E-state index contributed by atoms with van der Waals surface area (Å²) in [6.45, 7) is 2.48. The fourth-order valence-electron chi connectivity index (χ4n) is 3.21. The molecule has 0 radical (unpaired) electrons. The van der Waals surface area contributed by atoms with Crippen molar-refractivity contribution >= 4 is 39.1 Å². The Balaban J connectivity index is 1.75. The Morgan fingerprint density at radius 2 is 2.12 bits per heavy atom. The first-order chi connectivity index (χ1) is 12.5. The number of benzene rings is 1. The Morgan fingerprint density at radius 1 is 1.31 bits per heavy atom. The predicted molar refractivity (Wildman–Crippen MR) is 102 cm³/mol. The average Bonchev–Trinajstić information content (AvgIpc) is 2.63. The molecule has 0 spiro atoms. The van der Waals surface area contributed by atoms with E-state index in [4.69, 9.17) is 0 Å². The monoisotopic (exact) mass is 419 g/mol. The number of carbonyl (C=O) groups excluding carboxylic acids is 2. The van der Waals surface area contributed by atoms with Crippen molar-refractivity contribution in [3.05, 3.63) is 52.4 Å². The molecule has 1 saturated heterocycles. The minimum Gasteiger partial charge on any atom is -0.370 e. The van der Waals surface area contributed by atoms with Gasteiger partial charge in [-0.3, -0.25) is 9.59 Å².